The van der Waals surface area contributed by atoms with E-state index in [0.29, 0.717) is 23.8 Å². The molecule has 0 heterocycles. The Bertz CT molecular complexity index is 936. The smallest absolute Gasteiger partial charge is 0.251 e. The third kappa shape index (κ3) is 6.22. The molecule has 0 bridgehead atoms. The van der Waals surface area contributed by atoms with Crippen LogP contribution in [0.15, 0.2) is 48.5 Å². The van der Waals surface area contributed by atoms with Gasteiger partial charge in [0.1, 0.15) is 0 Å². The molecule has 29 heavy (non-hydrogen) atoms. The number of anilines is 2. The van der Waals surface area contributed by atoms with Gasteiger partial charge < -0.3 is 10.2 Å². The molecule has 1 amide bonds. The topological polar surface area (TPSA) is 78.5 Å². The molecule has 1 saturated carbocycles. The molecular weight excluding hydrogens is 386 g/mol. The lowest BCUT2D eigenvalue weighted by atomic mass is 9.94. The number of carbonyl (C=O) groups is 1. The van der Waals surface area contributed by atoms with E-state index < -0.39 is 10.0 Å². The van der Waals surface area contributed by atoms with Gasteiger partial charge in [-0.3, -0.25) is 9.52 Å². The molecule has 156 valence electrons. The highest BCUT2D eigenvalue weighted by atomic mass is 32.2. The number of nitrogens with zero attached hydrogens (tertiary/aromatic N) is 1. The van der Waals surface area contributed by atoms with E-state index >= 15 is 0 Å². The van der Waals surface area contributed by atoms with Crippen LogP contribution in [0.3, 0.4) is 0 Å². The second-order valence-corrected chi connectivity index (χ2v) is 9.46. The normalized spacial score (nSPS) is 15.0. The lowest BCUT2D eigenvalue weighted by Crippen LogP contribution is -2.33. The summed E-state index contributed by atoms with van der Waals surface area (Å²) in [5.74, 6) is -0.154. The van der Waals surface area contributed by atoms with Crippen molar-refractivity contribution in [3.63, 3.8) is 0 Å². The van der Waals surface area contributed by atoms with Gasteiger partial charge in [-0.05, 0) is 54.8 Å². The SMILES string of the molecule is CN(c1ccc(C(=O)NCc2cccc(NS(C)(=O)=O)c2)cc1)C1CCCCC1. The quantitative estimate of drug-likeness (QED) is 0.722. The monoisotopic (exact) mass is 415 g/mol. The van der Waals surface area contributed by atoms with Gasteiger partial charge >= 0.3 is 0 Å². The standard InChI is InChI=1S/C22H29N3O3S/c1-25(20-9-4-3-5-10-20)21-13-11-18(12-14-21)22(26)23-16-17-7-6-8-19(15-17)24-29(2,27)28/h6-8,11-15,20,24H,3-5,9-10,16H2,1-2H3,(H,23,26). The lowest BCUT2D eigenvalue weighted by Gasteiger charge is -2.33. The summed E-state index contributed by atoms with van der Waals surface area (Å²) in [5.41, 5.74) is 3.04. The summed E-state index contributed by atoms with van der Waals surface area (Å²) in [7, 11) is -1.20. The number of amides is 1. The van der Waals surface area contributed by atoms with Gasteiger partial charge in [0.25, 0.3) is 5.91 Å². The van der Waals surface area contributed by atoms with Crippen LogP contribution in [0.4, 0.5) is 11.4 Å². The molecule has 0 atom stereocenters. The minimum atomic E-state index is -3.33. The van der Waals surface area contributed by atoms with E-state index in [1.54, 1.807) is 18.2 Å². The fourth-order valence-corrected chi connectivity index (χ4v) is 4.33. The summed E-state index contributed by atoms with van der Waals surface area (Å²) in [6.45, 7) is 0.321. The Morgan fingerprint density at radius 2 is 1.76 bits per heavy atom. The van der Waals surface area contributed by atoms with E-state index in [1.807, 2.05) is 30.3 Å². The average molecular weight is 416 g/mol. The highest BCUT2D eigenvalue weighted by Gasteiger charge is 2.18. The van der Waals surface area contributed by atoms with Gasteiger partial charge in [-0.25, -0.2) is 8.42 Å². The number of benzene rings is 2. The minimum absolute atomic E-state index is 0.154. The summed E-state index contributed by atoms with van der Waals surface area (Å²) >= 11 is 0. The van der Waals surface area contributed by atoms with Gasteiger partial charge in [0.2, 0.25) is 10.0 Å². The van der Waals surface area contributed by atoms with Crippen molar-refractivity contribution in [2.24, 2.45) is 0 Å². The van der Waals surface area contributed by atoms with Crippen molar-refractivity contribution in [1.29, 1.82) is 0 Å². The number of rotatable bonds is 7. The summed E-state index contributed by atoms with van der Waals surface area (Å²) in [4.78, 5) is 14.8. The van der Waals surface area contributed by atoms with E-state index in [0.717, 1.165) is 17.5 Å². The Morgan fingerprint density at radius 1 is 1.07 bits per heavy atom. The van der Waals surface area contributed by atoms with Gasteiger partial charge in [-0.15, -0.1) is 0 Å². The minimum Gasteiger partial charge on any atom is -0.372 e. The van der Waals surface area contributed by atoms with Crippen molar-refractivity contribution in [2.45, 2.75) is 44.7 Å². The van der Waals surface area contributed by atoms with Crippen LogP contribution in [0, 0.1) is 0 Å². The summed E-state index contributed by atoms with van der Waals surface area (Å²) in [5, 5.41) is 2.89. The molecule has 7 heteroatoms. The predicted molar refractivity (Wildman–Crippen MR) is 118 cm³/mol. The number of sulfonamides is 1. The fourth-order valence-electron chi connectivity index (χ4n) is 3.77. The molecule has 0 saturated heterocycles. The highest BCUT2D eigenvalue weighted by molar-refractivity contribution is 7.92. The van der Waals surface area contributed by atoms with Crippen molar-refractivity contribution < 1.29 is 13.2 Å². The zero-order chi connectivity index (χ0) is 20.9. The maximum Gasteiger partial charge on any atom is 0.251 e. The summed E-state index contributed by atoms with van der Waals surface area (Å²) in [6, 6.07) is 15.3. The molecule has 0 aliphatic heterocycles. The number of hydrogen-bond donors (Lipinski definition) is 2. The molecule has 1 aliphatic carbocycles. The average Bonchev–Trinajstić information content (AvgIpc) is 2.71. The molecule has 0 radical (unpaired) electrons. The molecule has 1 aliphatic rings. The first-order chi connectivity index (χ1) is 13.8. The maximum absolute atomic E-state index is 12.5. The molecule has 3 rings (SSSR count). The first-order valence-corrected chi connectivity index (χ1v) is 11.9. The molecule has 6 nitrogen and oxygen atoms in total. The Balaban J connectivity index is 1.57. The third-order valence-electron chi connectivity index (χ3n) is 5.34. The van der Waals surface area contributed by atoms with E-state index in [9.17, 15) is 13.2 Å². The van der Waals surface area contributed by atoms with Gasteiger partial charge in [-0.2, -0.15) is 0 Å². The van der Waals surface area contributed by atoms with Crippen LogP contribution in [0.25, 0.3) is 0 Å². The van der Waals surface area contributed by atoms with E-state index in [1.165, 1.54) is 32.1 Å². The Labute approximate surface area is 173 Å². The van der Waals surface area contributed by atoms with Crippen LogP contribution in [-0.2, 0) is 16.6 Å². The first kappa shape index (κ1) is 21.2. The number of hydrogen-bond acceptors (Lipinski definition) is 4. The molecule has 0 unspecified atom stereocenters. The van der Waals surface area contributed by atoms with Crippen LogP contribution in [0.5, 0.6) is 0 Å². The molecule has 2 aromatic rings. The Hall–Kier alpha value is -2.54. The summed E-state index contributed by atoms with van der Waals surface area (Å²) in [6.07, 6.45) is 7.47. The zero-order valence-corrected chi connectivity index (χ0v) is 17.8. The van der Waals surface area contributed by atoms with E-state index in [-0.39, 0.29) is 5.91 Å². The molecule has 0 aromatic heterocycles. The van der Waals surface area contributed by atoms with Crippen LogP contribution in [-0.4, -0.2) is 33.7 Å². The Morgan fingerprint density at radius 3 is 2.41 bits per heavy atom. The molecule has 1 fully saturated rings. The van der Waals surface area contributed by atoms with E-state index in [4.69, 9.17) is 0 Å². The zero-order valence-electron chi connectivity index (χ0n) is 17.0. The lowest BCUT2D eigenvalue weighted by molar-refractivity contribution is 0.0951. The van der Waals surface area contributed by atoms with Crippen LogP contribution in [0.1, 0.15) is 48.0 Å². The van der Waals surface area contributed by atoms with Crippen molar-refractivity contribution in [2.75, 3.05) is 22.9 Å². The van der Waals surface area contributed by atoms with Crippen molar-refractivity contribution in [3.05, 3.63) is 59.7 Å². The van der Waals surface area contributed by atoms with Crippen LogP contribution in [0.2, 0.25) is 0 Å². The molecule has 0 spiro atoms. The first-order valence-electron chi connectivity index (χ1n) is 10.00. The second kappa shape index (κ2) is 9.31. The maximum atomic E-state index is 12.5. The third-order valence-corrected chi connectivity index (χ3v) is 5.95. The number of nitrogens with one attached hydrogen (secondary N) is 2. The second-order valence-electron chi connectivity index (χ2n) is 7.71. The molecule has 2 N–H and O–H groups in total. The predicted octanol–water partition coefficient (Wildman–Crippen LogP) is 3.76. The van der Waals surface area contributed by atoms with E-state index in [2.05, 4.69) is 22.0 Å². The number of carbonyl (C=O) groups excluding carboxylic acids is 1. The molecular formula is C22H29N3O3S. The van der Waals surface area contributed by atoms with Crippen LogP contribution >= 0.6 is 0 Å². The van der Waals surface area contributed by atoms with Gasteiger partial charge in [-0.1, -0.05) is 31.4 Å². The van der Waals surface area contributed by atoms with Crippen LogP contribution < -0.4 is 14.9 Å². The van der Waals surface area contributed by atoms with Gasteiger partial charge in [0.05, 0.1) is 6.26 Å². The highest BCUT2D eigenvalue weighted by Crippen LogP contribution is 2.26. The van der Waals surface area contributed by atoms with Crippen molar-refractivity contribution in [1.82, 2.24) is 5.32 Å². The van der Waals surface area contributed by atoms with Crippen molar-refractivity contribution >= 4 is 27.3 Å². The van der Waals surface area contributed by atoms with Gasteiger partial charge in [0.15, 0.2) is 0 Å². The summed E-state index contributed by atoms with van der Waals surface area (Å²) < 4.78 is 25.1. The van der Waals surface area contributed by atoms with Crippen molar-refractivity contribution in [3.8, 4) is 0 Å². The fraction of sp³-hybridized carbons (Fsp3) is 0.409. The largest absolute Gasteiger partial charge is 0.372 e. The Kier molecular flexibility index (Phi) is 6.79. The van der Waals surface area contributed by atoms with Gasteiger partial charge in [0, 0.05) is 36.6 Å². The molecule has 2 aromatic carbocycles.